The second-order valence-electron chi connectivity index (χ2n) is 3.50. The molecule has 2 aromatic rings. The molecule has 0 fully saturated rings. The predicted molar refractivity (Wildman–Crippen MR) is 58.8 cm³/mol. The summed E-state index contributed by atoms with van der Waals surface area (Å²) in [6.45, 7) is 2.38. The number of hydrogen-bond acceptors (Lipinski definition) is 3. The van der Waals surface area contributed by atoms with Gasteiger partial charge in [-0.3, -0.25) is 0 Å². The van der Waals surface area contributed by atoms with Crippen molar-refractivity contribution in [3.8, 4) is 5.69 Å². The average Bonchev–Trinajstić information content (AvgIpc) is 2.61. The molecule has 4 nitrogen and oxygen atoms in total. The first-order valence-corrected chi connectivity index (χ1v) is 5.09. The van der Waals surface area contributed by atoms with Crippen LogP contribution in [0.3, 0.4) is 0 Å². The number of benzene rings is 1. The highest BCUT2D eigenvalue weighted by molar-refractivity contribution is 5.31. The molecular weight excluding hydrogens is 207 g/mol. The van der Waals surface area contributed by atoms with Gasteiger partial charge in [-0.05, 0) is 37.7 Å². The third-order valence-electron chi connectivity index (χ3n) is 2.25. The summed E-state index contributed by atoms with van der Waals surface area (Å²) in [5, 5.41) is 4.30. The van der Waals surface area contributed by atoms with Gasteiger partial charge in [0.25, 0.3) is 0 Å². The Balaban J connectivity index is 2.36. The van der Waals surface area contributed by atoms with Gasteiger partial charge in [0.15, 0.2) is 5.82 Å². The van der Waals surface area contributed by atoms with Crippen LogP contribution in [0.4, 0.5) is 4.39 Å². The molecule has 0 unspecified atom stereocenters. The number of nitrogens with two attached hydrogens (primary N) is 1. The lowest BCUT2D eigenvalue weighted by atomic mass is 10.3. The van der Waals surface area contributed by atoms with Crippen LogP contribution in [0.1, 0.15) is 11.6 Å². The van der Waals surface area contributed by atoms with Gasteiger partial charge in [-0.2, -0.15) is 5.10 Å². The highest BCUT2D eigenvalue weighted by atomic mass is 19.1. The summed E-state index contributed by atoms with van der Waals surface area (Å²) < 4.78 is 14.5. The minimum atomic E-state index is -0.260. The largest absolute Gasteiger partial charge is 0.330 e. The molecule has 2 N–H and O–H groups in total. The molecule has 0 saturated carbocycles. The number of rotatable bonds is 3. The zero-order valence-corrected chi connectivity index (χ0v) is 9.02. The van der Waals surface area contributed by atoms with Crippen molar-refractivity contribution in [1.82, 2.24) is 14.8 Å². The molecule has 0 saturated heterocycles. The molecule has 1 heterocycles. The Morgan fingerprint density at radius 1 is 1.31 bits per heavy atom. The second kappa shape index (κ2) is 4.40. The Morgan fingerprint density at radius 2 is 2.00 bits per heavy atom. The van der Waals surface area contributed by atoms with Gasteiger partial charge in [-0.15, -0.1) is 0 Å². The summed E-state index contributed by atoms with van der Waals surface area (Å²) in [5.74, 6) is 1.23. The van der Waals surface area contributed by atoms with E-state index in [1.54, 1.807) is 16.8 Å². The maximum Gasteiger partial charge on any atom is 0.152 e. The van der Waals surface area contributed by atoms with Gasteiger partial charge in [0.1, 0.15) is 11.6 Å². The predicted octanol–water partition coefficient (Wildman–Crippen LogP) is 1.22. The van der Waals surface area contributed by atoms with Gasteiger partial charge >= 0.3 is 0 Å². The van der Waals surface area contributed by atoms with Gasteiger partial charge in [0.2, 0.25) is 0 Å². The molecule has 1 aromatic heterocycles. The lowest BCUT2D eigenvalue weighted by Crippen LogP contribution is -2.05. The van der Waals surface area contributed by atoms with E-state index in [1.165, 1.54) is 12.1 Å². The van der Waals surface area contributed by atoms with Gasteiger partial charge in [0.05, 0.1) is 5.69 Å². The van der Waals surface area contributed by atoms with Crippen molar-refractivity contribution in [3.05, 3.63) is 41.7 Å². The Kier molecular flexibility index (Phi) is 2.96. The molecule has 1 aromatic carbocycles. The van der Waals surface area contributed by atoms with E-state index >= 15 is 0 Å². The Labute approximate surface area is 92.9 Å². The van der Waals surface area contributed by atoms with Crippen LogP contribution >= 0.6 is 0 Å². The third-order valence-corrected chi connectivity index (χ3v) is 2.25. The van der Waals surface area contributed by atoms with E-state index in [-0.39, 0.29) is 5.82 Å². The molecule has 84 valence electrons. The van der Waals surface area contributed by atoms with Gasteiger partial charge < -0.3 is 5.73 Å². The van der Waals surface area contributed by atoms with Crippen LogP contribution in [0, 0.1) is 12.7 Å². The summed E-state index contributed by atoms with van der Waals surface area (Å²) in [4.78, 5) is 4.28. The van der Waals surface area contributed by atoms with Crippen LogP contribution in [0.5, 0.6) is 0 Å². The van der Waals surface area contributed by atoms with Gasteiger partial charge in [-0.1, -0.05) is 0 Å². The van der Waals surface area contributed by atoms with Crippen LogP contribution in [0.2, 0.25) is 0 Å². The molecule has 0 atom stereocenters. The van der Waals surface area contributed by atoms with E-state index < -0.39 is 0 Å². The van der Waals surface area contributed by atoms with Crippen molar-refractivity contribution in [3.63, 3.8) is 0 Å². The summed E-state index contributed by atoms with van der Waals surface area (Å²) in [6, 6.07) is 6.14. The topological polar surface area (TPSA) is 56.7 Å². The molecule has 5 heteroatoms. The van der Waals surface area contributed by atoms with E-state index in [4.69, 9.17) is 5.73 Å². The third kappa shape index (κ3) is 2.09. The fourth-order valence-electron chi connectivity index (χ4n) is 1.51. The summed E-state index contributed by atoms with van der Waals surface area (Å²) in [7, 11) is 0. The number of hydrogen-bond donors (Lipinski definition) is 1. The Bertz CT molecular complexity index is 475. The zero-order chi connectivity index (χ0) is 11.5. The number of aryl methyl sites for hydroxylation is 1. The molecular formula is C11H13FN4. The maximum atomic E-state index is 12.8. The van der Waals surface area contributed by atoms with Gasteiger partial charge in [0, 0.05) is 6.42 Å². The van der Waals surface area contributed by atoms with Crippen molar-refractivity contribution >= 4 is 0 Å². The maximum absolute atomic E-state index is 12.8. The van der Waals surface area contributed by atoms with Crippen LogP contribution in [0.25, 0.3) is 5.69 Å². The fraction of sp³-hybridized carbons (Fsp3) is 0.273. The SMILES string of the molecule is Cc1nc(CCN)nn1-c1ccc(F)cc1. The summed E-state index contributed by atoms with van der Waals surface area (Å²) >= 11 is 0. The zero-order valence-electron chi connectivity index (χ0n) is 9.02. The molecule has 0 aliphatic rings. The fourth-order valence-corrected chi connectivity index (χ4v) is 1.51. The minimum absolute atomic E-state index is 0.260. The second-order valence-corrected chi connectivity index (χ2v) is 3.50. The van der Waals surface area contributed by atoms with E-state index in [0.29, 0.717) is 18.8 Å². The molecule has 2 rings (SSSR count). The number of aromatic nitrogens is 3. The first-order chi connectivity index (χ1) is 7.70. The minimum Gasteiger partial charge on any atom is -0.330 e. The van der Waals surface area contributed by atoms with Crippen LogP contribution in [-0.2, 0) is 6.42 Å². The molecule has 0 radical (unpaired) electrons. The molecule has 0 amide bonds. The Hall–Kier alpha value is -1.75. The molecule has 16 heavy (non-hydrogen) atoms. The normalized spacial score (nSPS) is 10.7. The number of halogens is 1. The van der Waals surface area contributed by atoms with Crippen molar-refractivity contribution in [2.24, 2.45) is 5.73 Å². The van der Waals surface area contributed by atoms with Crippen molar-refractivity contribution in [2.75, 3.05) is 6.54 Å². The van der Waals surface area contributed by atoms with Crippen LogP contribution in [-0.4, -0.2) is 21.3 Å². The first-order valence-electron chi connectivity index (χ1n) is 5.09. The highest BCUT2D eigenvalue weighted by Crippen LogP contribution is 2.10. The average molecular weight is 220 g/mol. The van der Waals surface area contributed by atoms with E-state index in [1.807, 2.05) is 6.92 Å². The molecule has 0 spiro atoms. The highest BCUT2D eigenvalue weighted by Gasteiger charge is 2.07. The van der Waals surface area contributed by atoms with Crippen molar-refractivity contribution in [1.29, 1.82) is 0 Å². The lowest BCUT2D eigenvalue weighted by molar-refractivity contribution is 0.626. The molecule has 0 aliphatic carbocycles. The summed E-state index contributed by atoms with van der Waals surface area (Å²) in [5.41, 5.74) is 6.24. The van der Waals surface area contributed by atoms with Gasteiger partial charge in [-0.25, -0.2) is 14.1 Å². The number of nitrogens with zero attached hydrogens (tertiary/aromatic N) is 3. The standard InChI is InChI=1S/C11H13FN4/c1-8-14-11(6-7-13)15-16(8)10-4-2-9(12)3-5-10/h2-5H,6-7,13H2,1H3. The molecule has 0 aliphatic heterocycles. The first kappa shape index (κ1) is 10.8. The molecule has 0 bridgehead atoms. The van der Waals surface area contributed by atoms with E-state index in [0.717, 1.165) is 11.5 Å². The lowest BCUT2D eigenvalue weighted by Gasteiger charge is -2.01. The van der Waals surface area contributed by atoms with Crippen molar-refractivity contribution < 1.29 is 4.39 Å². The monoisotopic (exact) mass is 220 g/mol. The van der Waals surface area contributed by atoms with Crippen LogP contribution in [0.15, 0.2) is 24.3 Å². The van der Waals surface area contributed by atoms with Crippen LogP contribution < -0.4 is 5.73 Å². The van der Waals surface area contributed by atoms with Crippen molar-refractivity contribution in [2.45, 2.75) is 13.3 Å². The Morgan fingerprint density at radius 3 is 2.62 bits per heavy atom. The smallest absolute Gasteiger partial charge is 0.152 e. The van der Waals surface area contributed by atoms with E-state index in [2.05, 4.69) is 10.1 Å². The van der Waals surface area contributed by atoms with E-state index in [9.17, 15) is 4.39 Å². The quantitative estimate of drug-likeness (QED) is 0.846. The summed E-state index contributed by atoms with van der Waals surface area (Å²) in [6.07, 6.45) is 0.648.